The van der Waals surface area contributed by atoms with E-state index in [1.165, 1.54) is 0 Å². The molecule has 0 aromatic heterocycles. The van der Waals surface area contributed by atoms with E-state index in [0.29, 0.717) is 47.4 Å². The summed E-state index contributed by atoms with van der Waals surface area (Å²) in [4.78, 5) is 12.3. The molecule has 0 amide bonds. The number of hydrogen-bond donors (Lipinski definition) is 5. The van der Waals surface area contributed by atoms with E-state index < -0.39 is 5.97 Å². The number of phenolic OH excluding ortho intramolecular Hbond substituents is 1. The number of carboxylic acid groups (broad SMARTS) is 1. The van der Waals surface area contributed by atoms with Crippen molar-refractivity contribution in [2.24, 2.45) is 0 Å². The number of hydrogen-bond acceptors (Lipinski definition) is 5. The van der Waals surface area contributed by atoms with Gasteiger partial charge < -0.3 is 26.2 Å². The molecule has 1 aromatic carbocycles. The zero-order valence-corrected chi connectivity index (χ0v) is 16.0. The van der Waals surface area contributed by atoms with E-state index in [0.717, 1.165) is 5.56 Å². The largest absolute Gasteiger partial charge is 0.508 e. The zero-order chi connectivity index (χ0) is 18.7. The van der Waals surface area contributed by atoms with Gasteiger partial charge in [-0.1, -0.05) is 36.7 Å². The SMILES string of the molecule is O=C(O)CCNC(=S)CCNC(=S)CCNC(=S)c1ccc(O)cc1. The van der Waals surface area contributed by atoms with Crippen LogP contribution in [0.15, 0.2) is 24.3 Å². The molecule has 136 valence electrons. The molecule has 0 aliphatic heterocycles. The summed E-state index contributed by atoms with van der Waals surface area (Å²) in [7, 11) is 0. The number of nitrogens with one attached hydrogen (secondary N) is 3. The number of aliphatic carboxylic acids is 1. The van der Waals surface area contributed by atoms with Crippen molar-refractivity contribution in [2.45, 2.75) is 19.3 Å². The van der Waals surface area contributed by atoms with Crippen molar-refractivity contribution in [3.05, 3.63) is 29.8 Å². The van der Waals surface area contributed by atoms with E-state index in [2.05, 4.69) is 16.0 Å². The first-order valence-corrected chi connectivity index (χ1v) is 8.93. The zero-order valence-electron chi connectivity index (χ0n) is 13.6. The minimum atomic E-state index is -0.854. The molecule has 0 saturated heterocycles. The van der Waals surface area contributed by atoms with Crippen LogP contribution in [0.3, 0.4) is 0 Å². The molecule has 0 fully saturated rings. The summed E-state index contributed by atoms with van der Waals surface area (Å²) in [6, 6.07) is 6.67. The summed E-state index contributed by atoms with van der Waals surface area (Å²) in [5.41, 5.74) is 0.837. The number of carbonyl (C=O) groups is 1. The Kier molecular flexibility index (Phi) is 9.90. The highest BCUT2D eigenvalue weighted by Gasteiger charge is 2.03. The number of thiocarbonyl (C=S) groups is 3. The van der Waals surface area contributed by atoms with Crippen molar-refractivity contribution in [1.29, 1.82) is 0 Å². The lowest BCUT2D eigenvalue weighted by atomic mass is 10.2. The molecule has 5 N–H and O–H groups in total. The Balaban J connectivity index is 2.12. The van der Waals surface area contributed by atoms with Gasteiger partial charge in [-0.3, -0.25) is 4.79 Å². The molecule has 1 rings (SSSR count). The van der Waals surface area contributed by atoms with E-state index in [1.807, 2.05) is 0 Å². The molecule has 0 unspecified atom stereocenters. The second kappa shape index (κ2) is 11.7. The average Bonchev–Trinajstić information content (AvgIpc) is 2.55. The highest BCUT2D eigenvalue weighted by Crippen LogP contribution is 2.09. The monoisotopic (exact) mass is 399 g/mol. The van der Waals surface area contributed by atoms with Gasteiger partial charge in [0.2, 0.25) is 0 Å². The molecule has 0 heterocycles. The van der Waals surface area contributed by atoms with E-state index in [9.17, 15) is 9.90 Å². The second-order valence-electron chi connectivity index (χ2n) is 5.15. The first kappa shape index (κ1) is 21.2. The van der Waals surface area contributed by atoms with Crippen LogP contribution in [-0.2, 0) is 4.79 Å². The van der Waals surface area contributed by atoms with Crippen LogP contribution in [0.5, 0.6) is 5.75 Å². The fraction of sp³-hybridized carbons (Fsp3) is 0.375. The maximum atomic E-state index is 10.4. The Hall–Kier alpha value is -1.84. The predicted molar refractivity (Wildman–Crippen MR) is 110 cm³/mol. The van der Waals surface area contributed by atoms with Gasteiger partial charge in [-0.25, -0.2) is 0 Å². The summed E-state index contributed by atoms with van der Waals surface area (Å²) in [5, 5.41) is 26.9. The summed E-state index contributed by atoms with van der Waals surface area (Å²) in [6.45, 7) is 1.53. The Labute approximate surface area is 163 Å². The van der Waals surface area contributed by atoms with Gasteiger partial charge in [0.15, 0.2) is 0 Å². The van der Waals surface area contributed by atoms with Gasteiger partial charge in [0.05, 0.1) is 16.4 Å². The normalized spacial score (nSPS) is 9.92. The van der Waals surface area contributed by atoms with Crippen molar-refractivity contribution in [2.75, 3.05) is 19.6 Å². The molecular weight excluding hydrogens is 378 g/mol. The number of aromatic hydroxyl groups is 1. The third-order valence-corrected chi connectivity index (χ3v) is 4.18. The predicted octanol–water partition coefficient (Wildman–Crippen LogP) is 1.75. The first-order chi connectivity index (χ1) is 11.9. The van der Waals surface area contributed by atoms with Crippen LogP contribution in [0.2, 0.25) is 0 Å². The molecule has 9 heteroatoms. The smallest absolute Gasteiger partial charge is 0.305 e. The number of rotatable bonds is 10. The molecule has 6 nitrogen and oxygen atoms in total. The number of benzene rings is 1. The number of phenols is 1. The fourth-order valence-electron chi connectivity index (χ4n) is 1.81. The molecule has 0 atom stereocenters. The minimum Gasteiger partial charge on any atom is -0.508 e. The number of carboxylic acids is 1. The molecule has 0 spiro atoms. The highest BCUT2D eigenvalue weighted by molar-refractivity contribution is 7.81. The molecule has 25 heavy (non-hydrogen) atoms. The van der Waals surface area contributed by atoms with E-state index in [-0.39, 0.29) is 12.2 Å². The molecular formula is C16H21N3O3S3. The first-order valence-electron chi connectivity index (χ1n) is 7.71. The topological polar surface area (TPSA) is 93.6 Å². The van der Waals surface area contributed by atoms with Crippen molar-refractivity contribution in [1.82, 2.24) is 16.0 Å². The van der Waals surface area contributed by atoms with Crippen LogP contribution in [0.4, 0.5) is 0 Å². The summed E-state index contributed by atoms with van der Waals surface area (Å²) in [5.74, 6) is -0.653. The summed E-state index contributed by atoms with van der Waals surface area (Å²) < 4.78 is 0. The molecule has 0 aliphatic rings. The lowest BCUT2D eigenvalue weighted by Crippen LogP contribution is -2.32. The van der Waals surface area contributed by atoms with Crippen LogP contribution >= 0.6 is 36.7 Å². The fourth-order valence-corrected chi connectivity index (χ4v) is 2.45. The van der Waals surface area contributed by atoms with Gasteiger partial charge in [0.1, 0.15) is 10.7 Å². The Bertz CT molecular complexity index is 621. The van der Waals surface area contributed by atoms with Crippen LogP contribution in [0.1, 0.15) is 24.8 Å². The van der Waals surface area contributed by atoms with Gasteiger partial charge in [-0.15, -0.1) is 0 Å². The van der Waals surface area contributed by atoms with Crippen molar-refractivity contribution < 1.29 is 15.0 Å². The minimum absolute atomic E-state index is 0.0403. The maximum Gasteiger partial charge on any atom is 0.305 e. The molecule has 1 aromatic rings. The van der Waals surface area contributed by atoms with Gasteiger partial charge in [0.25, 0.3) is 0 Å². The van der Waals surface area contributed by atoms with Crippen molar-refractivity contribution >= 4 is 57.6 Å². The molecule has 0 radical (unpaired) electrons. The van der Waals surface area contributed by atoms with Crippen LogP contribution < -0.4 is 16.0 Å². The molecule has 0 saturated carbocycles. The Morgan fingerprint density at radius 2 is 1.32 bits per heavy atom. The van der Waals surface area contributed by atoms with Crippen LogP contribution in [-0.4, -0.2) is 50.8 Å². The van der Waals surface area contributed by atoms with Gasteiger partial charge in [-0.05, 0) is 24.3 Å². The van der Waals surface area contributed by atoms with E-state index in [1.54, 1.807) is 24.3 Å². The van der Waals surface area contributed by atoms with E-state index >= 15 is 0 Å². The van der Waals surface area contributed by atoms with Gasteiger partial charge in [-0.2, -0.15) is 0 Å². The van der Waals surface area contributed by atoms with E-state index in [4.69, 9.17) is 41.8 Å². The maximum absolute atomic E-state index is 10.4. The van der Waals surface area contributed by atoms with Crippen molar-refractivity contribution in [3.8, 4) is 5.75 Å². The summed E-state index contributed by atoms with van der Waals surface area (Å²) in [6.07, 6.45) is 1.26. The van der Waals surface area contributed by atoms with Crippen LogP contribution in [0, 0.1) is 0 Å². The second-order valence-corrected chi connectivity index (χ2v) is 6.54. The standard InChI is InChI=1S/C16H21N3O3S3/c20-12-3-1-11(2-4-12)16(25)19-9-6-14(24)17-8-5-13(23)18-10-7-15(21)22/h1-4,20H,5-10H2,(H,17,24)(H,18,23)(H,19,25)(H,21,22). The average molecular weight is 400 g/mol. The van der Waals surface area contributed by atoms with Gasteiger partial charge in [0, 0.05) is 38.0 Å². The Morgan fingerprint density at radius 3 is 1.84 bits per heavy atom. The lowest BCUT2D eigenvalue weighted by molar-refractivity contribution is -0.136. The quantitative estimate of drug-likeness (QED) is 0.377. The molecule has 0 aliphatic carbocycles. The van der Waals surface area contributed by atoms with Crippen molar-refractivity contribution in [3.63, 3.8) is 0 Å². The van der Waals surface area contributed by atoms with Gasteiger partial charge >= 0.3 is 5.97 Å². The summed E-state index contributed by atoms with van der Waals surface area (Å²) >= 11 is 15.6. The molecule has 0 bridgehead atoms. The van der Waals surface area contributed by atoms with Crippen LogP contribution in [0.25, 0.3) is 0 Å². The lowest BCUT2D eigenvalue weighted by Gasteiger charge is -2.11. The highest BCUT2D eigenvalue weighted by atomic mass is 32.1. The Morgan fingerprint density at radius 1 is 0.840 bits per heavy atom. The third-order valence-electron chi connectivity index (χ3n) is 3.10. The third kappa shape index (κ3) is 9.90.